The Hall–Kier alpha value is -2.03. The van der Waals surface area contributed by atoms with Gasteiger partial charge in [-0.1, -0.05) is 0 Å². The van der Waals surface area contributed by atoms with E-state index in [1.165, 1.54) is 0 Å². The Labute approximate surface area is 174 Å². The van der Waals surface area contributed by atoms with E-state index < -0.39 is 12.0 Å². The van der Waals surface area contributed by atoms with Gasteiger partial charge in [0.1, 0.15) is 0 Å². The number of rotatable bonds is 6. The molecule has 0 spiro atoms. The second-order valence-electron chi connectivity index (χ2n) is 8.53. The Morgan fingerprint density at radius 2 is 1.93 bits per heavy atom. The van der Waals surface area contributed by atoms with Gasteiger partial charge in [-0.2, -0.15) is 0 Å². The van der Waals surface area contributed by atoms with Crippen molar-refractivity contribution in [2.24, 2.45) is 11.8 Å². The Bertz CT molecular complexity index is 829. The molecule has 0 bridgehead atoms. The van der Waals surface area contributed by atoms with Crippen LogP contribution in [0.1, 0.15) is 37.8 Å². The molecule has 8 heteroatoms. The van der Waals surface area contributed by atoms with Crippen LogP contribution in [0.2, 0.25) is 0 Å². The molecule has 2 aliphatic rings. The van der Waals surface area contributed by atoms with E-state index in [1.54, 1.807) is 18.6 Å². The molecule has 2 aromatic heterocycles. The largest absolute Gasteiger partial charge is 0.396 e. The van der Waals surface area contributed by atoms with E-state index in [2.05, 4.69) is 20.3 Å². The van der Waals surface area contributed by atoms with E-state index in [-0.39, 0.29) is 43.4 Å². The molecule has 4 unspecified atom stereocenters. The van der Waals surface area contributed by atoms with Crippen molar-refractivity contribution >= 4 is 0 Å². The number of nitrogens with zero attached hydrogens (tertiary/aromatic N) is 3. The van der Waals surface area contributed by atoms with Crippen LogP contribution in [0.4, 0.5) is 8.78 Å². The third-order valence-electron chi connectivity index (χ3n) is 6.51. The molecule has 0 aromatic carbocycles. The van der Waals surface area contributed by atoms with Crippen LogP contribution in [0.3, 0.4) is 0 Å². The van der Waals surface area contributed by atoms with Crippen LogP contribution < -0.4 is 5.32 Å². The first kappa shape index (κ1) is 21.2. The SMILES string of the molecule is OCC1C(O)CC(NC2CCC(F)(F)CC2)C1Cc1ccnc(-c2cccnc2)n1. The van der Waals surface area contributed by atoms with Gasteiger partial charge in [-0.25, -0.2) is 18.7 Å². The van der Waals surface area contributed by atoms with Crippen LogP contribution in [0, 0.1) is 11.8 Å². The molecule has 0 radical (unpaired) electrons. The van der Waals surface area contributed by atoms with Gasteiger partial charge in [0.05, 0.1) is 6.10 Å². The fraction of sp³-hybridized carbons (Fsp3) is 0.591. The average Bonchev–Trinajstić information content (AvgIpc) is 3.04. The minimum absolute atomic E-state index is 0.0121. The molecule has 2 fully saturated rings. The van der Waals surface area contributed by atoms with E-state index >= 15 is 0 Å². The zero-order valence-corrected chi connectivity index (χ0v) is 16.8. The zero-order chi connectivity index (χ0) is 21.1. The van der Waals surface area contributed by atoms with Crippen molar-refractivity contribution in [1.82, 2.24) is 20.3 Å². The van der Waals surface area contributed by atoms with Crippen molar-refractivity contribution in [3.63, 3.8) is 0 Å². The lowest BCUT2D eigenvalue weighted by Gasteiger charge is -2.33. The van der Waals surface area contributed by atoms with E-state index in [9.17, 15) is 19.0 Å². The maximum atomic E-state index is 13.5. The summed E-state index contributed by atoms with van der Waals surface area (Å²) in [6.07, 6.45) is 6.20. The summed E-state index contributed by atoms with van der Waals surface area (Å²) < 4.78 is 27.0. The Balaban J connectivity index is 1.49. The smallest absolute Gasteiger partial charge is 0.248 e. The first-order chi connectivity index (χ1) is 14.4. The molecule has 0 amide bonds. The highest BCUT2D eigenvalue weighted by Gasteiger charge is 2.44. The number of hydrogen-bond acceptors (Lipinski definition) is 6. The molecule has 2 saturated carbocycles. The van der Waals surface area contributed by atoms with Gasteiger partial charge >= 0.3 is 0 Å². The number of aromatic nitrogens is 3. The standard InChI is InChI=1S/C22H28F2N4O2/c23-22(24)6-3-15(4-7-22)27-19-11-20(30)18(13-29)17(19)10-16-5-9-26-21(28-16)14-2-1-8-25-12-14/h1-2,5,8-9,12,15,17-20,27,29-30H,3-4,6-7,10-11,13H2. The minimum atomic E-state index is -2.57. The van der Waals surface area contributed by atoms with Crippen LogP contribution >= 0.6 is 0 Å². The third kappa shape index (κ3) is 4.82. The molecule has 2 heterocycles. The van der Waals surface area contributed by atoms with Crippen molar-refractivity contribution in [1.29, 1.82) is 0 Å². The summed E-state index contributed by atoms with van der Waals surface area (Å²) in [6.45, 7) is -0.118. The number of aliphatic hydroxyl groups excluding tert-OH is 2. The van der Waals surface area contributed by atoms with Gasteiger partial charge in [0.15, 0.2) is 5.82 Å². The van der Waals surface area contributed by atoms with Crippen LogP contribution in [0.25, 0.3) is 11.4 Å². The van der Waals surface area contributed by atoms with Crippen molar-refractivity contribution in [2.75, 3.05) is 6.61 Å². The topological polar surface area (TPSA) is 91.2 Å². The van der Waals surface area contributed by atoms with Gasteiger partial charge in [0, 0.05) is 67.3 Å². The monoisotopic (exact) mass is 418 g/mol. The normalized spacial score (nSPS) is 29.2. The fourth-order valence-corrected chi connectivity index (χ4v) is 4.83. The maximum absolute atomic E-state index is 13.5. The molecule has 162 valence electrons. The molecule has 4 rings (SSSR count). The molecule has 2 aliphatic carbocycles. The van der Waals surface area contributed by atoms with Crippen LogP contribution in [0.5, 0.6) is 0 Å². The number of nitrogens with one attached hydrogen (secondary N) is 1. The lowest BCUT2D eigenvalue weighted by atomic mass is 9.87. The predicted octanol–water partition coefficient (Wildman–Crippen LogP) is 2.61. The average molecular weight is 418 g/mol. The number of hydrogen-bond donors (Lipinski definition) is 3. The minimum Gasteiger partial charge on any atom is -0.396 e. The van der Waals surface area contributed by atoms with Gasteiger partial charge in [-0.15, -0.1) is 0 Å². The first-order valence-corrected chi connectivity index (χ1v) is 10.6. The van der Waals surface area contributed by atoms with Crippen molar-refractivity contribution < 1.29 is 19.0 Å². The number of alkyl halides is 2. The molecule has 4 atom stereocenters. The molecule has 0 saturated heterocycles. The molecular weight excluding hydrogens is 390 g/mol. The van der Waals surface area contributed by atoms with Gasteiger partial charge in [-0.3, -0.25) is 4.98 Å². The summed E-state index contributed by atoms with van der Waals surface area (Å²) in [7, 11) is 0. The van der Waals surface area contributed by atoms with Crippen LogP contribution in [-0.2, 0) is 6.42 Å². The van der Waals surface area contributed by atoms with Crippen molar-refractivity contribution in [3.05, 3.63) is 42.5 Å². The lowest BCUT2D eigenvalue weighted by molar-refractivity contribution is -0.0417. The summed E-state index contributed by atoms with van der Waals surface area (Å²) in [5.41, 5.74) is 1.64. The predicted molar refractivity (Wildman–Crippen MR) is 108 cm³/mol. The zero-order valence-electron chi connectivity index (χ0n) is 16.8. The van der Waals surface area contributed by atoms with Crippen LogP contribution in [0.15, 0.2) is 36.8 Å². The van der Waals surface area contributed by atoms with Crippen molar-refractivity contribution in [2.45, 2.75) is 62.6 Å². The highest BCUT2D eigenvalue weighted by atomic mass is 19.3. The highest BCUT2D eigenvalue weighted by Crippen LogP contribution is 2.38. The fourth-order valence-electron chi connectivity index (χ4n) is 4.83. The number of aliphatic hydroxyl groups is 2. The van der Waals surface area contributed by atoms with Gasteiger partial charge in [-0.05, 0) is 49.8 Å². The molecule has 2 aromatic rings. The second kappa shape index (κ2) is 8.99. The summed E-state index contributed by atoms with van der Waals surface area (Å²) in [5, 5.41) is 23.9. The van der Waals surface area contributed by atoms with Crippen LogP contribution in [-0.4, -0.2) is 55.9 Å². The third-order valence-corrected chi connectivity index (χ3v) is 6.51. The lowest BCUT2D eigenvalue weighted by Crippen LogP contribution is -2.45. The molecular formula is C22H28F2N4O2. The van der Waals surface area contributed by atoms with E-state index in [0.717, 1.165) is 11.3 Å². The van der Waals surface area contributed by atoms with E-state index in [0.29, 0.717) is 31.5 Å². The summed E-state index contributed by atoms with van der Waals surface area (Å²) in [4.78, 5) is 13.1. The number of halogens is 2. The second-order valence-corrected chi connectivity index (χ2v) is 8.53. The summed E-state index contributed by atoms with van der Waals surface area (Å²) in [6, 6.07) is 5.53. The highest BCUT2D eigenvalue weighted by molar-refractivity contribution is 5.52. The Morgan fingerprint density at radius 1 is 1.13 bits per heavy atom. The summed E-state index contributed by atoms with van der Waals surface area (Å²) in [5.74, 6) is -2.29. The molecule has 6 nitrogen and oxygen atoms in total. The van der Waals surface area contributed by atoms with Gasteiger partial charge < -0.3 is 15.5 Å². The molecule has 30 heavy (non-hydrogen) atoms. The Morgan fingerprint density at radius 3 is 2.63 bits per heavy atom. The first-order valence-electron chi connectivity index (χ1n) is 10.6. The van der Waals surface area contributed by atoms with Gasteiger partial charge in [0.2, 0.25) is 5.92 Å². The Kier molecular flexibility index (Phi) is 6.36. The number of pyridine rings is 1. The van der Waals surface area contributed by atoms with Gasteiger partial charge in [0.25, 0.3) is 0 Å². The quantitative estimate of drug-likeness (QED) is 0.668. The summed E-state index contributed by atoms with van der Waals surface area (Å²) >= 11 is 0. The van der Waals surface area contributed by atoms with E-state index in [1.807, 2.05) is 18.2 Å². The molecule has 0 aliphatic heterocycles. The maximum Gasteiger partial charge on any atom is 0.248 e. The van der Waals surface area contributed by atoms with Crippen molar-refractivity contribution in [3.8, 4) is 11.4 Å². The molecule has 3 N–H and O–H groups in total. The van der Waals surface area contributed by atoms with E-state index in [4.69, 9.17) is 0 Å².